The van der Waals surface area contributed by atoms with Gasteiger partial charge < -0.3 is 8.80 Å². The monoisotopic (exact) mass is 463 g/mol. The molecule has 1 saturated carbocycles. The number of ketones is 1. The van der Waals surface area contributed by atoms with E-state index in [-0.39, 0.29) is 34.9 Å². The van der Waals surface area contributed by atoms with Gasteiger partial charge in [0.15, 0.2) is 11.6 Å². The van der Waals surface area contributed by atoms with E-state index >= 15 is 0 Å². The van der Waals surface area contributed by atoms with E-state index in [9.17, 15) is 9.18 Å². The molecule has 0 amide bonds. The van der Waals surface area contributed by atoms with E-state index in [2.05, 4.69) is 32.5 Å². The Bertz CT molecular complexity index is 1510. The van der Waals surface area contributed by atoms with Gasteiger partial charge in [0.1, 0.15) is 16.9 Å². The first-order chi connectivity index (χ1) is 16.0. The van der Waals surface area contributed by atoms with E-state index in [1.165, 1.54) is 30.8 Å². The summed E-state index contributed by atoms with van der Waals surface area (Å²) in [7, 11) is 0. The van der Waals surface area contributed by atoms with Gasteiger partial charge in [0, 0.05) is 25.0 Å². The van der Waals surface area contributed by atoms with E-state index in [0.717, 1.165) is 11.3 Å². The third kappa shape index (κ3) is 3.78. The van der Waals surface area contributed by atoms with E-state index in [1.54, 1.807) is 21.5 Å². The van der Waals surface area contributed by atoms with Crippen LogP contribution in [0.3, 0.4) is 0 Å². The molecule has 0 aliphatic heterocycles. The first-order valence-electron chi connectivity index (χ1n) is 10.8. The fourth-order valence-corrected chi connectivity index (χ4v) is 4.24. The summed E-state index contributed by atoms with van der Waals surface area (Å²) in [4.78, 5) is 21.5. The number of fused-ring (bicyclic) bond motifs is 2. The number of hydrogen-bond donors (Lipinski definition) is 0. The number of Topliss-reactive ketones (excluding diaryl/α,β-unsaturated/α-hetero) is 1. The van der Waals surface area contributed by atoms with E-state index in [1.807, 2.05) is 16.7 Å². The van der Waals surface area contributed by atoms with Crippen molar-refractivity contribution >= 4 is 28.5 Å². The number of halogens is 2. The zero-order valence-corrected chi connectivity index (χ0v) is 18.3. The van der Waals surface area contributed by atoms with Crippen molar-refractivity contribution in [2.45, 2.75) is 38.1 Å². The van der Waals surface area contributed by atoms with Crippen LogP contribution in [-0.4, -0.2) is 39.5 Å². The van der Waals surface area contributed by atoms with Gasteiger partial charge in [-0.3, -0.25) is 4.79 Å². The molecule has 5 aromatic rings. The highest BCUT2D eigenvalue weighted by Crippen LogP contribution is 2.39. The molecule has 0 aromatic carbocycles. The summed E-state index contributed by atoms with van der Waals surface area (Å²) in [6.45, 7) is 0.413. The SMILES string of the molecule is O=C(CCc1ncn2ccc(Cl)c(F)c12)c1cn(Cc2cn3cc(C4CC4)ccc3n2)nn1. The predicted molar refractivity (Wildman–Crippen MR) is 119 cm³/mol. The molecule has 0 atom stereocenters. The van der Waals surface area contributed by atoms with Crippen LogP contribution in [0.15, 0.2) is 49.3 Å². The summed E-state index contributed by atoms with van der Waals surface area (Å²) in [6.07, 6.45) is 11.8. The maximum absolute atomic E-state index is 14.4. The maximum atomic E-state index is 14.4. The first-order valence-corrected chi connectivity index (χ1v) is 11.1. The Morgan fingerprint density at radius 1 is 1.15 bits per heavy atom. The van der Waals surface area contributed by atoms with Gasteiger partial charge in [0.2, 0.25) is 0 Å². The van der Waals surface area contributed by atoms with Gasteiger partial charge in [0.05, 0.1) is 35.5 Å². The van der Waals surface area contributed by atoms with Gasteiger partial charge in [-0.05, 0) is 42.9 Å². The fourth-order valence-electron chi connectivity index (χ4n) is 4.09. The van der Waals surface area contributed by atoms with Crippen LogP contribution in [0.1, 0.15) is 52.6 Å². The van der Waals surface area contributed by atoms with Crippen molar-refractivity contribution in [3.63, 3.8) is 0 Å². The second-order valence-electron chi connectivity index (χ2n) is 8.38. The van der Waals surface area contributed by atoms with Crippen LogP contribution in [0.25, 0.3) is 11.2 Å². The van der Waals surface area contributed by atoms with Crippen LogP contribution in [0, 0.1) is 5.82 Å². The molecule has 1 aliphatic rings. The van der Waals surface area contributed by atoms with Crippen molar-refractivity contribution in [1.29, 1.82) is 0 Å². The Morgan fingerprint density at radius 2 is 2.03 bits per heavy atom. The van der Waals surface area contributed by atoms with Gasteiger partial charge >= 0.3 is 0 Å². The highest BCUT2D eigenvalue weighted by atomic mass is 35.5. The quantitative estimate of drug-likeness (QED) is 0.339. The number of aromatic nitrogens is 7. The molecule has 8 nitrogen and oxygen atoms in total. The minimum atomic E-state index is -0.540. The fraction of sp³-hybridized carbons (Fsp3) is 0.261. The number of carbonyl (C=O) groups is 1. The lowest BCUT2D eigenvalue weighted by molar-refractivity contribution is 0.0977. The second kappa shape index (κ2) is 7.77. The molecule has 0 radical (unpaired) electrons. The Morgan fingerprint density at radius 3 is 2.88 bits per heavy atom. The molecule has 6 rings (SSSR count). The van der Waals surface area contributed by atoms with Crippen LogP contribution in [0.2, 0.25) is 5.02 Å². The number of hydrogen-bond acceptors (Lipinski definition) is 5. The van der Waals surface area contributed by atoms with Crippen LogP contribution in [-0.2, 0) is 13.0 Å². The number of aryl methyl sites for hydroxylation is 1. The van der Waals surface area contributed by atoms with E-state index in [4.69, 9.17) is 11.6 Å². The normalized spacial score (nSPS) is 13.9. The standard InChI is InChI=1S/C23H19ClFN7O/c24-17-7-8-30-13-26-18(23(30)22(17)25)4-5-20(33)19-12-32(29-28-19)11-16-10-31-9-15(14-1-2-14)3-6-21(31)27-16/h3,6-10,12-14H,1-2,4-5,11H2. The Labute approximate surface area is 192 Å². The molecular weight excluding hydrogens is 445 g/mol. The zero-order valence-electron chi connectivity index (χ0n) is 17.5. The minimum Gasteiger partial charge on any atom is -0.306 e. The second-order valence-corrected chi connectivity index (χ2v) is 8.79. The summed E-state index contributed by atoms with van der Waals surface area (Å²) in [5.41, 5.74) is 4.08. The number of nitrogens with zero attached hydrogens (tertiary/aromatic N) is 7. The molecule has 0 saturated heterocycles. The summed E-state index contributed by atoms with van der Waals surface area (Å²) < 4.78 is 19.6. The molecule has 0 N–H and O–H groups in total. The summed E-state index contributed by atoms with van der Waals surface area (Å²) >= 11 is 5.88. The molecule has 166 valence electrons. The molecule has 0 bridgehead atoms. The summed E-state index contributed by atoms with van der Waals surface area (Å²) in [6, 6.07) is 5.64. The van der Waals surface area contributed by atoms with E-state index in [0.29, 0.717) is 18.2 Å². The number of pyridine rings is 2. The highest BCUT2D eigenvalue weighted by molar-refractivity contribution is 6.31. The minimum absolute atomic E-state index is 0.0224. The van der Waals surface area contributed by atoms with Gasteiger partial charge in [0.25, 0.3) is 0 Å². The number of rotatable bonds is 7. The summed E-state index contributed by atoms with van der Waals surface area (Å²) in [5.74, 6) is -0.0477. The predicted octanol–water partition coefficient (Wildman–Crippen LogP) is 4.11. The lowest BCUT2D eigenvalue weighted by Crippen LogP contribution is -2.03. The van der Waals surface area contributed by atoms with E-state index < -0.39 is 5.82 Å². The van der Waals surface area contributed by atoms with Crippen molar-refractivity contribution in [3.05, 3.63) is 82.8 Å². The summed E-state index contributed by atoms with van der Waals surface area (Å²) in [5, 5.41) is 8.11. The topological polar surface area (TPSA) is 82.4 Å². The average Bonchev–Trinajstić information content (AvgIpc) is 3.23. The third-order valence-corrected chi connectivity index (χ3v) is 6.27. The molecule has 0 spiro atoms. The highest BCUT2D eigenvalue weighted by Gasteiger charge is 2.24. The van der Waals surface area contributed by atoms with Crippen molar-refractivity contribution in [2.75, 3.05) is 0 Å². The Balaban J connectivity index is 1.14. The molecule has 1 aliphatic carbocycles. The lowest BCUT2D eigenvalue weighted by atomic mass is 10.1. The molecule has 0 unspecified atom stereocenters. The smallest absolute Gasteiger partial charge is 0.185 e. The van der Waals surface area contributed by atoms with Gasteiger partial charge in [-0.2, -0.15) is 0 Å². The Kier molecular flexibility index (Phi) is 4.72. The van der Waals surface area contributed by atoms with Gasteiger partial charge in [-0.1, -0.05) is 22.9 Å². The van der Waals surface area contributed by atoms with Crippen molar-refractivity contribution < 1.29 is 9.18 Å². The largest absolute Gasteiger partial charge is 0.306 e. The van der Waals surface area contributed by atoms with Crippen LogP contribution >= 0.6 is 11.6 Å². The molecular formula is C23H19ClFN7O. The van der Waals surface area contributed by atoms with Crippen LogP contribution in [0.5, 0.6) is 0 Å². The number of imidazole rings is 2. The molecule has 33 heavy (non-hydrogen) atoms. The molecule has 1 fully saturated rings. The van der Waals surface area contributed by atoms with Crippen molar-refractivity contribution in [2.24, 2.45) is 0 Å². The van der Waals surface area contributed by atoms with Crippen LogP contribution < -0.4 is 0 Å². The zero-order chi connectivity index (χ0) is 22.5. The van der Waals surface area contributed by atoms with Gasteiger partial charge in [-0.25, -0.2) is 19.0 Å². The third-order valence-electron chi connectivity index (χ3n) is 5.98. The first kappa shape index (κ1) is 20.0. The molecule has 5 aromatic heterocycles. The molecule has 10 heteroatoms. The van der Waals surface area contributed by atoms with Crippen molar-refractivity contribution in [1.82, 2.24) is 33.8 Å². The van der Waals surface area contributed by atoms with Crippen LogP contribution in [0.4, 0.5) is 4.39 Å². The van der Waals surface area contributed by atoms with Gasteiger partial charge in [-0.15, -0.1) is 5.10 Å². The van der Waals surface area contributed by atoms with Crippen molar-refractivity contribution in [3.8, 4) is 0 Å². The number of carbonyl (C=O) groups excluding carboxylic acids is 1. The average molecular weight is 464 g/mol. The molecule has 5 heterocycles. The Hall–Kier alpha value is -3.59. The lowest BCUT2D eigenvalue weighted by Gasteiger charge is -2.01. The maximum Gasteiger partial charge on any atom is 0.185 e.